The standard InChI is InChI=1S/C21H19N5O2S/c1-26(20(28)9-7-17-5-3-11-23-13-17)21-25-18(15-29-21)14-24-19(27)8-6-16-4-2-10-22-12-16/h2-13,15H,14H2,1H3,(H,24,27). The summed E-state index contributed by atoms with van der Waals surface area (Å²) in [6.45, 7) is 0.278. The molecule has 0 aliphatic carbocycles. The second-order valence-corrected chi connectivity index (χ2v) is 6.81. The van der Waals surface area contributed by atoms with Crippen LogP contribution in [0.4, 0.5) is 5.13 Å². The highest BCUT2D eigenvalue weighted by atomic mass is 32.1. The molecule has 8 heteroatoms. The summed E-state index contributed by atoms with van der Waals surface area (Å²) in [6, 6.07) is 7.34. The van der Waals surface area contributed by atoms with Gasteiger partial charge in [0.25, 0.3) is 5.91 Å². The van der Waals surface area contributed by atoms with Crippen molar-refractivity contribution in [1.82, 2.24) is 20.3 Å². The van der Waals surface area contributed by atoms with E-state index in [1.54, 1.807) is 56.1 Å². The maximum atomic E-state index is 12.3. The minimum atomic E-state index is -0.229. The molecule has 0 fully saturated rings. The number of rotatable bonds is 7. The molecule has 0 radical (unpaired) electrons. The van der Waals surface area contributed by atoms with E-state index in [0.29, 0.717) is 10.8 Å². The zero-order valence-electron chi connectivity index (χ0n) is 15.7. The Morgan fingerprint density at radius 3 is 2.34 bits per heavy atom. The van der Waals surface area contributed by atoms with E-state index in [-0.39, 0.29) is 18.4 Å². The van der Waals surface area contributed by atoms with Gasteiger partial charge in [-0.3, -0.25) is 24.5 Å². The molecule has 0 atom stereocenters. The summed E-state index contributed by atoms with van der Waals surface area (Å²) < 4.78 is 0. The highest BCUT2D eigenvalue weighted by molar-refractivity contribution is 7.14. The van der Waals surface area contributed by atoms with Crippen LogP contribution in [0.2, 0.25) is 0 Å². The third kappa shape index (κ3) is 6.18. The van der Waals surface area contributed by atoms with Gasteiger partial charge >= 0.3 is 0 Å². The second-order valence-electron chi connectivity index (χ2n) is 5.98. The molecule has 0 aliphatic heterocycles. The van der Waals surface area contributed by atoms with Gasteiger partial charge in [0.2, 0.25) is 5.91 Å². The third-order valence-corrected chi connectivity index (χ3v) is 4.78. The topological polar surface area (TPSA) is 88.1 Å². The van der Waals surface area contributed by atoms with E-state index in [0.717, 1.165) is 11.1 Å². The van der Waals surface area contributed by atoms with Gasteiger partial charge < -0.3 is 5.32 Å². The summed E-state index contributed by atoms with van der Waals surface area (Å²) in [5.41, 5.74) is 2.37. The smallest absolute Gasteiger partial charge is 0.252 e. The summed E-state index contributed by atoms with van der Waals surface area (Å²) in [6.07, 6.45) is 13.0. The summed E-state index contributed by atoms with van der Waals surface area (Å²) >= 11 is 1.34. The second kappa shape index (κ2) is 10.0. The van der Waals surface area contributed by atoms with E-state index in [9.17, 15) is 9.59 Å². The van der Waals surface area contributed by atoms with Crippen molar-refractivity contribution in [2.75, 3.05) is 11.9 Å². The Balaban J connectivity index is 1.52. The van der Waals surface area contributed by atoms with Crippen LogP contribution in [0.3, 0.4) is 0 Å². The zero-order valence-corrected chi connectivity index (χ0v) is 16.5. The average Bonchev–Trinajstić information content (AvgIpc) is 3.24. The Hall–Kier alpha value is -3.65. The number of nitrogens with zero attached hydrogens (tertiary/aromatic N) is 4. The van der Waals surface area contributed by atoms with E-state index in [2.05, 4.69) is 20.3 Å². The molecule has 29 heavy (non-hydrogen) atoms. The van der Waals surface area contributed by atoms with Crippen molar-refractivity contribution in [2.45, 2.75) is 6.54 Å². The minimum Gasteiger partial charge on any atom is -0.347 e. The maximum Gasteiger partial charge on any atom is 0.252 e. The Kier molecular flexibility index (Phi) is 6.96. The molecule has 3 aromatic heterocycles. The quantitative estimate of drug-likeness (QED) is 0.611. The fourth-order valence-corrected chi connectivity index (χ4v) is 3.06. The lowest BCUT2D eigenvalue weighted by Crippen LogP contribution is -2.24. The van der Waals surface area contributed by atoms with Gasteiger partial charge in [-0.1, -0.05) is 12.1 Å². The first-order valence-corrected chi connectivity index (χ1v) is 9.66. The molecule has 2 amide bonds. The molecule has 0 unspecified atom stereocenters. The van der Waals surface area contributed by atoms with E-state index in [1.165, 1.54) is 28.4 Å². The Morgan fingerprint density at radius 1 is 1.07 bits per heavy atom. The molecule has 0 saturated heterocycles. The summed E-state index contributed by atoms with van der Waals surface area (Å²) in [4.78, 5) is 38.1. The van der Waals surface area contributed by atoms with Gasteiger partial charge in [-0.15, -0.1) is 11.3 Å². The van der Waals surface area contributed by atoms with Gasteiger partial charge in [-0.2, -0.15) is 0 Å². The first kappa shape index (κ1) is 20.1. The molecule has 0 saturated carbocycles. The monoisotopic (exact) mass is 405 g/mol. The largest absolute Gasteiger partial charge is 0.347 e. The molecule has 0 aromatic carbocycles. The lowest BCUT2D eigenvalue weighted by Gasteiger charge is -2.10. The summed E-state index contributed by atoms with van der Waals surface area (Å²) in [5, 5.41) is 5.14. The number of hydrogen-bond donors (Lipinski definition) is 1. The maximum absolute atomic E-state index is 12.3. The lowest BCUT2D eigenvalue weighted by atomic mass is 10.2. The molecule has 7 nitrogen and oxygen atoms in total. The van der Waals surface area contributed by atoms with Crippen molar-refractivity contribution >= 4 is 40.4 Å². The van der Waals surface area contributed by atoms with Gasteiger partial charge in [0.1, 0.15) is 0 Å². The molecule has 0 aliphatic rings. The fraction of sp³-hybridized carbons (Fsp3) is 0.0952. The Morgan fingerprint density at radius 2 is 1.72 bits per heavy atom. The summed E-state index contributed by atoms with van der Waals surface area (Å²) in [7, 11) is 1.66. The molecule has 3 heterocycles. The molecular formula is C21H19N5O2S. The lowest BCUT2D eigenvalue weighted by molar-refractivity contribution is -0.116. The molecule has 0 spiro atoms. The number of aromatic nitrogens is 3. The number of pyridine rings is 2. The van der Waals surface area contributed by atoms with Crippen LogP contribution in [-0.4, -0.2) is 33.8 Å². The Bertz CT molecular complexity index is 1020. The highest BCUT2D eigenvalue weighted by Crippen LogP contribution is 2.19. The zero-order chi connectivity index (χ0) is 20.5. The third-order valence-electron chi connectivity index (χ3n) is 3.82. The molecule has 1 N–H and O–H groups in total. The first-order valence-electron chi connectivity index (χ1n) is 8.78. The average molecular weight is 405 g/mol. The van der Waals surface area contributed by atoms with Crippen molar-refractivity contribution in [3.05, 3.63) is 83.4 Å². The minimum absolute atomic E-state index is 0.196. The van der Waals surface area contributed by atoms with Gasteiger partial charge in [0.05, 0.1) is 12.2 Å². The number of nitrogens with one attached hydrogen (secondary N) is 1. The van der Waals surface area contributed by atoms with Crippen LogP contribution in [0.1, 0.15) is 16.8 Å². The molecule has 146 valence electrons. The highest BCUT2D eigenvalue weighted by Gasteiger charge is 2.12. The van der Waals surface area contributed by atoms with E-state index >= 15 is 0 Å². The van der Waals surface area contributed by atoms with Crippen molar-refractivity contribution in [3.63, 3.8) is 0 Å². The van der Waals surface area contributed by atoms with Crippen LogP contribution in [-0.2, 0) is 16.1 Å². The van der Waals surface area contributed by atoms with Crippen LogP contribution < -0.4 is 10.2 Å². The predicted octanol–water partition coefficient (Wildman–Crippen LogP) is 2.94. The number of carbonyl (C=O) groups excluding carboxylic acids is 2. The van der Waals surface area contributed by atoms with E-state index < -0.39 is 0 Å². The van der Waals surface area contributed by atoms with Crippen LogP contribution in [0, 0.1) is 0 Å². The van der Waals surface area contributed by atoms with Crippen LogP contribution in [0.15, 0.2) is 66.6 Å². The number of amides is 2. The number of thiazole rings is 1. The number of likely N-dealkylation sites (N-methyl/N-ethyl adjacent to an activating group) is 1. The summed E-state index contributed by atoms with van der Waals surface area (Å²) in [5.74, 6) is -0.426. The normalized spacial score (nSPS) is 11.1. The molecular weight excluding hydrogens is 386 g/mol. The van der Waals surface area contributed by atoms with Crippen LogP contribution in [0.25, 0.3) is 12.2 Å². The van der Waals surface area contributed by atoms with Gasteiger partial charge in [-0.25, -0.2) is 4.98 Å². The Labute approximate surface area is 172 Å². The first-order chi connectivity index (χ1) is 14.1. The van der Waals surface area contributed by atoms with Crippen molar-refractivity contribution in [1.29, 1.82) is 0 Å². The molecule has 0 bridgehead atoms. The molecule has 3 aromatic rings. The van der Waals surface area contributed by atoms with E-state index in [1.807, 2.05) is 17.5 Å². The van der Waals surface area contributed by atoms with Gasteiger partial charge in [0.15, 0.2) is 5.13 Å². The van der Waals surface area contributed by atoms with Crippen molar-refractivity contribution in [2.24, 2.45) is 0 Å². The fourth-order valence-electron chi connectivity index (χ4n) is 2.26. The predicted molar refractivity (Wildman–Crippen MR) is 114 cm³/mol. The molecule has 3 rings (SSSR count). The van der Waals surface area contributed by atoms with E-state index in [4.69, 9.17) is 0 Å². The van der Waals surface area contributed by atoms with Crippen molar-refractivity contribution in [3.8, 4) is 0 Å². The number of anilines is 1. The SMILES string of the molecule is CN(C(=O)C=Cc1cccnc1)c1nc(CNC(=O)C=Cc2cccnc2)cs1. The van der Waals surface area contributed by atoms with Crippen molar-refractivity contribution < 1.29 is 9.59 Å². The van der Waals surface area contributed by atoms with Crippen LogP contribution >= 0.6 is 11.3 Å². The number of carbonyl (C=O) groups is 2. The van der Waals surface area contributed by atoms with Gasteiger partial charge in [-0.05, 0) is 35.4 Å². The van der Waals surface area contributed by atoms with Crippen LogP contribution in [0.5, 0.6) is 0 Å². The van der Waals surface area contributed by atoms with Gasteiger partial charge in [0, 0.05) is 49.4 Å². The number of hydrogen-bond acceptors (Lipinski definition) is 6.